The topological polar surface area (TPSA) is 62.7 Å². The van der Waals surface area contributed by atoms with Crippen LogP contribution in [-0.4, -0.2) is 63.3 Å². The van der Waals surface area contributed by atoms with E-state index in [0.29, 0.717) is 31.8 Å². The first-order valence-corrected chi connectivity index (χ1v) is 9.09. The molecule has 0 saturated carbocycles. The van der Waals surface area contributed by atoms with Crippen LogP contribution >= 0.6 is 0 Å². The Balaban J connectivity index is 1.40. The summed E-state index contributed by atoms with van der Waals surface area (Å²) in [6.07, 6.45) is -4.13. The predicted octanol–water partition coefficient (Wildman–Crippen LogP) is 2.66. The normalized spacial score (nSPS) is 16.7. The molecule has 2 aromatic heterocycles. The van der Waals surface area contributed by atoms with Crippen molar-refractivity contribution in [2.75, 3.05) is 38.5 Å². The van der Waals surface area contributed by atoms with Gasteiger partial charge in [0.15, 0.2) is 5.65 Å². The van der Waals surface area contributed by atoms with Crippen LogP contribution in [0.15, 0.2) is 42.5 Å². The average molecular weight is 390 g/mol. The van der Waals surface area contributed by atoms with Crippen LogP contribution in [0.4, 0.5) is 19.1 Å². The minimum Gasteiger partial charge on any atom is -0.366 e. The second kappa shape index (κ2) is 7.40. The van der Waals surface area contributed by atoms with Gasteiger partial charge in [-0.1, -0.05) is 30.3 Å². The van der Waals surface area contributed by atoms with E-state index >= 15 is 0 Å². The molecule has 0 spiro atoms. The zero-order valence-corrected chi connectivity index (χ0v) is 15.2. The molecule has 3 heterocycles. The Morgan fingerprint density at radius 1 is 0.929 bits per heavy atom. The van der Waals surface area contributed by atoms with Crippen molar-refractivity contribution in [1.29, 1.82) is 0 Å². The molecule has 0 bridgehead atoms. The van der Waals surface area contributed by atoms with E-state index in [1.165, 1.54) is 4.90 Å². The van der Waals surface area contributed by atoms with Crippen LogP contribution < -0.4 is 5.73 Å². The van der Waals surface area contributed by atoms with Crippen molar-refractivity contribution in [3.8, 4) is 11.3 Å². The number of nitrogens with two attached hydrogens (primary N) is 1. The smallest absolute Gasteiger partial charge is 0.366 e. The second-order valence-electron chi connectivity index (χ2n) is 7.02. The molecule has 9 heteroatoms. The van der Waals surface area contributed by atoms with Gasteiger partial charge in [0.1, 0.15) is 0 Å². The molecule has 0 aliphatic carbocycles. The number of alkyl halides is 3. The van der Waals surface area contributed by atoms with E-state index in [0.717, 1.165) is 23.4 Å². The van der Waals surface area contributed by atoms with Crippen molar-refractivity contribution in [2.45, 2.75) is 12.7 Å². The highest BCUT2D eigenvalue weighted by atomic mass is 19.4. The van der Waals surface area contributed by atoms with Crippen LogP contribution in [0.25, 0.3) is 16.9 Å². The molecule has 0 amide bonds. The summed E-state index contributed by atoms with van der Waals surface area (Å²) in [4.78, 5) is 7.81. The summed E-state index contributed by atoms with van der Waals surface area (Å²) < 4.78 is 39.2. The summed E-state index contributed by atoms with van der Waals surface area (Å²) in [5.74, 6) is 0.230. The van der Waals surface area contributed by atoms with Gasteiger partial charge in [-0.2, -0.15) is 18.2 Å². The van der Waals surface area contributed by atoms with Crippen molar-refractivity contribution in [2.24, 2.45) is 0 Å². The van der Waals surface area contributed by atoms with E-state index in [1.54, 1.807) is 4.52 Å². The number of hydrogen-bond acceptors (Lipinski definition) is 5. The van der Waals surface area contributed by atoms with Crippen LogP contribution in [0.3, 0.4) is 0 Å². The molecule has 1 fully saturated rings. The van der Waals surface area contributed by atoms with Crippen molar-refractivity contribution in [3.63, 3.8) is 0 Å². The lowest BCUT2D eigenvalue weighted by Gasteiger charge is -2.35. The Hall–Kier alpha value is -2.65. The molecule has 2 N–H and O–H groups in total. The van der Waals surface area contributed by atoms with E-state index in [4.69, 9.17) is 5.73 Å². The Bertz CT molecular complexity index is 942. The third kappa shape index (κ3) is 4.26. The maximum absolute atomic E-state index is 12.5. The summed E-state index contributed by atoms with van der Waals surface area (Å²) in [5, 5.41) is 4.23. The number of anilines is 1. The van der Waals surface area contributed by atoms with E-state index in [2.05, 4.69) is 15.0 Å². The maximum Gasteiger partial charge on any atom is 0.401 e. The highest BCUT2D eigenvalue weighted by molar-refractivity contribution is 5.63. The highest BCUT2D eigenvalue weighted by Crippen LogP contribution is 2.22. The number of nitrogen functional groups attached to an aromatic ring is 1. The highest BCUT2D eigenvalue weighted by Gasteiger charge is 2.32. The van der Waals surface area contributed by atoms with E-state index in [-0.39, 0.29) is 5.95 Å². The molecule has 1 aromatic carbocycles. The Labute approximate surface area is 160 Å². The number of piperazine rings is 1. The minimum atomic E-state index is -4.13. The zero-order valence-electron chi connectivity index (χ0n) is 15.2. The maximum atomic E-state index is 12.5. The third-order valence-corrected chi connectivity index (χ3v) is 4.90. The van der Waals surface area contributed by atoms with Crippen LogP contribution in [0.2, 0.25) is 0 Å². The number of fused-ring (bicyclic) bond motifs is 1. The lowest BCUT2D eigenvalue weighted by molar-refractivity contribution is -0.149. The summed E-state index contributed by atoms with van der Waals surface area (Å²) >= 11 is 0. The number of benzene rings is 1. The fourth-order valence-electron chi connectivity index (χ4n) is 3.54. The first-order valence-electron chi connectivity index (χ1n) is 9.09. The summed E-state index contributed by atoms with van der Waals surface area (Å²) in [6, 6.07) is 13.8. The van der Waals surface area contributed by atoms with Gasteiger partial charge in [0.2, 0.25) is 5.95 Å². The quantitative estimate of drug-likeness (QED) is 0.742. The molecule has 0 atom stereocenters. The van der Waals surface area contributed by atoms with Gasteiger partial charge in [0, 0.05) is 38.3 Å². The number of nitrogens with zero attached hydrogens (tertiary/aromatic N) is 5. The molecule has 148 valence electrons. The van der Waals surface area contributed by atoms with E-state index in [9.17, 15) is 13.2 Å². The Morgan fingerprint density at radius 3 is 2.29 bits per heavy atom. The van der Waals surface area contributed by atoms with Gasteiger partial charge in [0.05, 0.1) is 12.2 Å². The number of hydrogen-bond donors (Lipinski definition) is 1. The van der Waals surface area contributed by atoms with Crippen LogP contribution in [-0.2, 0) is 6.54 Å². The van der Waals surface area contributed by atoms with Gasteiger partial charge in [-0.05, 0) is 17.7 Å². The van der Waals surface area contributed by atoms with Gasteiger partial charge >= 0.3 is 6.18 Å². The number of aromatic nitrogens is 3. The molecule has 3 aromatic rings. The van der Waals surface area contributed by atoms with Crippen molar-refractivity contribution >= 4 is 11.6 Å². The van der Waals surface area contributed by atoms with Gasteiger partial charge in [-0.25, -0.2) is 4.52 Å². The average Bonchev–Trinajstić information content (AvgIpc) is 3.03. The Morgan fingerprint density at radius 2 is 1.61 bits per heavy atom. The number of halogens is 3. The van der Waals surface area contributed by atoms with Crippen LogP contribution in [0, 0.1) is 0 Å². The summed E-state index contributed by atoms with van der Waals surface area (Å²) in [7, 11) is 0. The van der Waals surface area contributed by atoms with Gasteiger partial charge in [-0.3, -0.25) is 9.80 Å². The SMILES string of the molecule is Nc1nc2cccc(-c3ccc(CN4CCN(CC(F)(F)F)CC4)cc3)n2n1. The van der Waals surface area contributed by atoms with E-state index in [1.807, 2.05) is 42.5 Å². The predicted molar refractivity (Wildman–Crippen MR) is 101 cm³/mol. The molecule has 6 nitrogen and oxygen atoms in total. The molecule has 1 saturated heterocycles. The third-order valence-electron chi connectivity index (χ3n) is 4.90. The van der Waals surface area contributed by atoms with E-state index < -0.39 is 12.7 Å². The minimum absolute atomic E-state index is 0.230. The molecule has 1 aliphatic heterocycles. The molecule has 0 unspecified atom stereocenters. The van der Waals surface area contributed by atoms with Gasteiger partial charge in [0.25, 0.3) is 0 Å². The molecular weight excluding hydrogens is 369 g/mol. The molecule has 28 heavy (non-hydrogen) atoms. The molecule has 1 aliphatic rings. The zero-order chi connectivity index (χ0) is 19.7. The monoisotopic (exact) mass is 390 g/mol. The van der Waals surface area contributed by atoms with Gasteiger partial charge in [-0.15, -0.1) is 5.10 Å². The molecule has 4 rings (SSSR count). The molecular formula is C19H21F3N6. The van der Waals surface area contributed by atoms with Crippen molar-refractivity contribution in [3.05, 3.63) is 48.0 Å². The largest absolute Gasteiger partial charge is 0.401 e. The molecule has 0 radical (unpaired) electrons. The first-order chi connectivity index (χ1) is 13.4. The fourth-order valence-corrected chi connectivity index (χ4v) is 3.54. The van der Waals surface area contributed by atoms with Crippen molar-refractivity contribution in [1.82, 2.24) is 24.4 Å². The first kappa shape index (κ1) is 18.7. The van der Waals surface area contributed by atoms with Gasteiger partial charge < -0.3 is 5.73 Å². The van der Waals surface area contributed by atoms with Crippen LogP contribution in [0.5, 0.6) is 0 Å². The lowest BCUT2D eigenvalue weighted by Crippen LogP contribution is -2.48. The summed E-state index contributed by atoms with van der Waals surface area (Å²) in [5.41, 5.74) is 9.40. The number of rotatable bonds is 4. The van der Waals surface area contributed by atoms with Crippen LogP contribution in [0.1, 0.15) is 5.56 Å². The lowest BCUT2D eigenvalue weighted by atomic mass is 10.1. The summed E-state index contributed by atoms with van der Waals surface area (Å²) in [6.45, 7) is 2.04. The number of pyridine rings is 1. The Kier molecular flexibility index (Phi) is 4.94. The standard InChI is InChI=1S/C19H21F3N6/c20-19(21,22)13-27-10-8-26(9-11-27)12-14-4-6-15(7-5-14)16-2-1-3-17-24-18(23)25-28(16)17/h1-7H,8-13H2,(H2,23,25). The second-order valence-corrected chi connectivity index (χ2v) is 7.02. The van der Waals surface area contributed by atoms with Crippen molar-refractivity contribution < 1.29 is 13.2 Å². The fraction of sp³-hybridized carbons (Fsp3) is 0.368.